The third-order valence-electron chi connectivity index (χ3n) is 4.28. The minimum atomic E-state index is 0.207. The van der Waals surface area contributed by atoms with E-state index < -0.39 is 0 Å². The highest BCUT2D eigenvalue weighted by Gasteiger charge is 2.20. The molecule has 1 saturated heterocycles. The molecular formula is C22H35N5O. The molecule has 2 N–H and O–H groups in total. The van der Waals surface area contributed by atoms with Crippen LogP contribution in [0.15, 0.2) is 42.6 Å². The van der Waals surface area contributed by atoms with Gasteiger partial charge in [0.25, 0.3) is 0 Å². The molecule has 1 aromatic carbocycles. The minimum absolute atomic E-state index is 0.207. The first-order valence-electron chi connectivity index (χ1n) is 10.1. The molecule has 0 unspecified atom stereocenters. The van der Waals surface area contributed by atoms with Crippen molar-refractivity contribution in [3.63, 3.8) is 0 Å². The molecule has 6 heteroatoms. The summed E-state index contributed by atoms with van der Waals surface area (Å²) in [5, 5.41) is 22.2. The van der Waals surface area contributed by atoms with Crippen molar-refractivity contribution in [2.75, 3.05) is 43.0 Å². The summed E-state index contributed by atoms with van der Waals surface area (Å²) in [5.74, 6) is 0.989. The van der Waals surface area contributed by atoms with Crippen LogP contribution in [0.2, 0.25) is 0 Å². The van der Waals surface area contributed by atoms with E-state index in [-0.39, 0.29) is 5.75 Å². The number of allylic oxidation sites excluding steroid dienone is 1. The molecule has 0 spiro atoms. The molecule has 1 aromatic heterocycles. The number of aromatic hydroxyl groups is 1. The van der Waals surface area contributed by atoms with E-state index in [4.69, 9.17) is 0 Å². The van der Waals surface area contributed by atoms with Crippen LogP contribution in [0, 0.1) is 0 Å². The van der Waals surface area contributed by atoms with Gasteiger partial charge >= 0.3 is 0 Å². The van der Waals surface area contributed by atoms with E-state index in [1.54, 1.807) is 12.1 Å². The molecule has 3 rings (SSSR count). The zero-order valence-electron chi connectivity index (χ0n) is 18.2. The fraction of sp³-hybridized carbons (Fsp3) is 0.455. The standard InChI is InChI=1S/C18H23N5O.2C2H6/c1-13(2)22(3)18-16(23-10-8-19-9-11-23)12-15(20-21-18)14-6-4-5-7-17(14)24;2*1-2/h4-7,12,19,24H,1,8-11H2,2-3H3;2*1-2H3. The van der Waals surface area contributed by atoms with E-state index in [0.717, 1.165) is 43.4 Å². The van der Waals surface area contributed by atoms with Crippen molar-refractivity contribution in [2.24, 2.45) is 0 Å². The first-order chi connectivity index (χ1) is 13.6. The van der Waals surface area contributed by atoms with E-state index >= 15 is 0 Å². The van der Waals surface area contributed by atoms with Crippen molar-refractivity contribution in [1.82, 2.24) is 15.5 Å². The first-order valence-corrected chi connectivity index (χ1v) is 10.1. The minimum Gasteiger partial charge on any atom is -0.507 e. The number of rotatable bonds is 4. The van der Waals surface area contributed by atoms with Gasteiger partial charge in [0.1, 0.15) is 5.75 Å². The van der Waals surface area contributed by atoms with Gasteiger partial charge in [0.05, 0.1) is 11.4 Å². The molecule has 6 nitrogen and oxygen atoms in total. The Hall–Kier alpha value is -2.60. The van der Waals surface area contributed by atoms with Gasteiger partial charge in [-0.15, -0.1) is 10.2 Å². The Morgan fingerprint density at radius 3 is 2.29 bits per heavy atom. The average Bonchev–Trinajstić information content (AvgIpc) is 2.76. The molecule has 2 heterocycles. The number of hydrogen-bond donors (Lipinski definition) is 2. The summed E-state index contributed by atoms with van der Waals surface area (Å²) in [5.41, 5.74) is 3.26. The predicted molar refractivity (Wildman–Crippen MR) is 120 cm³/mol. The van der Waals surface area contributed by atoms with Crippen LogP contribution < -0.4 is 15.1 Å². The van der Waals surface area contributed by atoms with Crippen LogP contribution in [0.25, 0.3) is 11.3 Å². The molecule has 0 saturated carbocycles. The van der Waals surface area contributed by atoms with Gasteiger partial charge in [-0.05, 0) is 25.1 Å². The van der Waals surface area contributed by atoms with Gasteiger partial charge in [0.2, 0.25) is 0 Å². The highest BCUT2D eigenvalue weighted by Crippen LogP contribution is 2.34. The molecule has 2 aromatic rings. The lowest BCUT2D eigenvalue weighted by molar-refractivity contribution is 0.477. The maximum Gasteiger partial charge on any atom is 0.178 e. The molecule has 0 atom stereocenters. The fourth-order valence-corrected chi connectivity index (χ4v) is 2.76. The van der Waals surface area contributed by atoms with Gasteiger partial charge in [-0.25, -0.2) is 0 Å². The number of nitrogens with one attached hydrogen (secondary N) is 1. The number of benzene rings is 1. The lowest BCUT2D eigenvalue weighted by atomic mass is 10.1. The van der Waals surface area contributed by atoms with Gasteiger partial charge in [-0.2, -0.15) is 0 Å². The maximum absolute atomic E-state index is 10.1. The molecule has 154 valence electrons. The third-order valence-corrected chi connectivity index (χ3v) is 4.28. The fourth-order valence-electron chi connectivity index (χ4n) is 2.76. The Bertz CT molecular complexity index is 741. The second-order valence-corrected chi connectivity index (χ2v) is 5.99. The molecule has 0 radical (unpaired) electrons. The molecule has 1 aliphatic rings. The largest absolute Gasteiger partial charge is 0.507 e. The van der Waals surface area contributed by atoms with E-state index in [0.29, 0.717) is 11.3 Å². The van der Waals surface area contributed by atoms with Crippen molar-refractivity contribution >= 4 is 11.5 Å². The van der Waals surface area contributed by atoms with Crippen molar-refractivity contribution in [2.45, 2.75) is 34.6 Å². The van der Waals surface area contributed by atoms with Gasteiger partial charge in [0.15, 0.2) is 5.82 Å². The van der Waals surface area contributed by atoms with Gasteiger partial charge < -0.3 is 20.2 Å². The van der Waals surface area contributed by atoms with E-state index in [2.05, 4.69) is 27.0 Å². The van der Waals surface area contributed by atoms with Crippen LogP contribution in [-0.4, -0.2) is 48.5 Å². The first kappa shape index (κ1) is 23.4. The van der Waals surface area contributed by atoms with Gasteiger partial charge in [-0.3, -0.25) is 0 Å². The summed E-state index contributed by atoms with van der Waals surface area (Å²) in [4.78, 5) is 4.24. The molecule has 0 aliphatic carbocycles. The van der Waals surface area contributed by atoms with Crippen LogP contribution in [0.3, 0.4) is 0 Å². The van der Waals surface area contributed by atoms with Crippen molar-refractivity contribution in [1.29, 1.82) is 0 Å². The number of nitrogens with zero attached hydrogens (tertiary/aromatic N) is 4. The van der Waals surface area contributed by atoms with Crippen molar-refractivity contribution in [3.05, 3.63) is 42.6 Å². The number of para-hydroxylation sites is 1. The quantitative estimate of drug-likeness (QED) is 0.819. The molecule has 0 bridgehead atoms. The summed E-state index contributed by atoms with van der Waals surface area (Å²) < 4.78 is 0. The van der Waals surface area contributed by atoms with E-state index in [1.807, 2.05) is 64.8 Å². The lowest BCUT2D eigenvalue weighted by Gasteiger charge is -2.32. The van der Waals surface area contributed by atoms with E-state index in [1.165, 1.54) is 0 Å². The zero-order chi connectivity index (χ0) is 21.1. The molecule has 0 amide bonds. The van der Waals surface area contributed by atoms with Crippen LogP contribution in [0.5, 0.6) is 5.75 Å². The van der Waals surface area contributed by atoms with Crippen LogP contribution in [0.1, 0.15) is 34.6 Å². The third kappa shape index (κ3) is 5.70. The highest BCUT2D eigenvalue weighted by molar-refractivity contribution is 5.76. The molecular weight excluding hydrogens is 350 g/mol. The average molecular weight is 386 g/mol. The van der Waals surface area contributed by atoms with Gasteiger partial charge in [0, 0.05) is 44.5 Å². The number of piperazine rings is 1. The monoisotopic (exact) mass is 385 g/mol. The smallest absolute Gasteiger partial charge is 0.178 e. The highest BCUT2D eigenvalue weighted by atomic mass is 16.3. The summed E-state index contributed by atoms with van der Waals surface area (Å²) in [7, 11) is 1.94. The number of anilines is 2. The number of aromatic nitrogens is 2. The molecule has 1 fully saturated rings. The van der Waals surface area contributed by atoms with Crippen molar-refractivity contribution < 1.29 is 5.11 Å². The molecule has 28 heavy (non-hydrogen) atoms. The Morgan fingerprint density at radius 1 is 1.11 bits per heavy atom. The second kappa shape index (κ2) is 12.0. The second-order valence-electron chi connectivity index (χ2n) is 5.99. The van der Waals surface area contributed by atoms with Crippen LogP contribution in [0.4, 0.5) is 11.5 Å². The number of hydrogen-bond acceptors (Lipinski definition) is 6. The predicted octanol–water partition coefficient (Wildman–Crippen LogP) is 4.28. The van der Waals surface area contributed by atoms with E-state index in [9.17, 15) is 5.11 Å². The van der Waals surface area contributed by atoms with Crippen LogP contribution in [-0.2, 0) is 0 Å². The Kier molecular flexibility index (Phi) is 10.0. The lowest BCUT2D eigenvalue weighted by Crippen LogP contribution is -2.44. The topological polar surface area (TPSA) is 64.5 Å². The summed E-state index contributed by atoms with van der Waals surface area (Å²) >= 11 is 0. The summed E-state index contributed by atoms with van der Waals surface area (Å²) in [6.07, 6.45) is 0. The summed E-state index contributed by atoms with van der Waals surface area (Å²) in [6.45, 7) is 17.6. The number of phenolic OH excluding ortho intramolecular Hbond substituents is 1. The SMILES string of the molecule is C=C(C)N(C)c1nnc(-c2ccccc2O)cc1N1CCNCC1.CC.CC. The Balaban J connectivity index is 0.000000921. The normalized spacial score (nSPS) is 12.9. The summed E-state index contributed by atoms with van der Waals surface area (Å²) in [6, 6.07) is 9.20. The Morgan fingerprint density at radius 2 is 1.71 bits per heavy atom. The van der Waals surface area contributed by atoms with Crippen molar-refractivity contribution in [3.8, 4) is 17.0 Å². The zero-order valence-corrected chi connectivity index (χ0v) is 18.2. The maximum atomic E-state index is 10.1. The van der Waals surface area contributed by atoms with Crippen LogP contribution >= 0.6 is 0 Å². The number of phenols is 1. The van der Waals surface area contributed by atoms with Gasteiger partial charge in [-0.1, -0.05) is 46.4 Å². The molecule has 1 aliphatic heterocycles. The Labute approximate surface area is 169 Å².